The van der Waals surface area contributed by atoms with Gasteiger partial charge in [0.1, 0.15) is 0 Å². The van der Waals surface area contributed by atoms with Crippen LogP contribution in [0.5, 0.6) is 0 Å². The van der Waals surface area contributed by atoms with Crippen molar-refractivity contribution in [1.82, 2.24) is 15.5 Å². The number of rotatable bonds is 11. The maximum atomic E-state index is 5.78. The fourth-order valence-electron chi connectivity index (χ4n) is 4.55. The van der Waals surface area contributed by atoms with E-state index in [1.165, 1.54) is 43.2 Å². The highest BCUT2D eigenvalue weighted by atomic mass is 16.5. The van der Waals surface area contributed by atoms with E-state index < -0.39 is 0 Å². The van der Waals surface area contributed by atoms with Gasteiger partial charge in [-0.2, -0.15) is 0 Å². The molecule has 0 bridgehead atoms. The number of nitrogens with zero attached hydrogens (tertiary/aromatic N) is 2. The molecule has 0 radical (unpaired) electrons. The molecule has 2 N–H and O–H groups in total. The molecule has 1 saturated heterocycles. The Hall–Kier alpha value is -1.63. The molecule has 0 amide bonds. The van der Waals surface area contributed by atoms with Gasteiger partial charge in [-0.05, 0) is 43.9 Å². The summed E-state index contributed by atoms with van der Waals surface area (Å²) in [7, 11) is 4.11. The highest BCUT2D eigenvalue weighted by molar-refractivity contribution is 5.79. The lowest BCUT2D eigenvalue weighted by Gasteiger charge is -2.31. The molecular weight excluding hydrogens is 388 g/mol. The maximum Gasteiger partial charge on any atom is 0.191 e. The Kier molecular flexibility index (Phi) is 10.6. The molecule has 2 fully saturated rings. The van der Waals surface area contributed by atoms with Crippen LogP contribution in [0.15, 0.2) is 29.3 Å². The molecule has 6 nitrogen and oxygen atoms in total. The normalized spacial score (nSPS) is 20.4. The highest BCUT2D eigenvalue weighted by Crippen LogP contribution is 2.23. The van der Waals surface area contributed by atoms with Crippen molar-refractivity contribution < 1.29 is 9.47 Å². The third kappa shape index (κ3) is 8.43. The lowest BCUT2D eigenvalue weighted by molar-refractivity contribution is 0.0888. The summed E-state index contributed by atoms with van der Waals surface area (Å²) < 4.78 is 11.2. The first-order valence-electron chi connectivity index (χ1n) is 12.1. The Balaban J connectivity index is 1.36. The molecule has 1 atom stereocenters. The second-order valence-electron chi connectivity index (χ2n) is 8.99. The zero-order chi connectivity index (χ0) is 21.7. The topological polar surface area (TPSA) is 58.1 Å². The quantitative estimate of drug-likeness (QED) is 0.319. The van der Waals surface area contributed by atoms with Gasteiger partial charge in [0, 0.05) is 51.9 Å². The number of aliphatic imine (C=N–C) groups is 1. The predicted octanol–water partition coefficient (Wildman–Crippen LogP) is 3.56. The van der Waals surface area contributed by atoms with E-state index in [9.17, 15) is 0 Å². The standard InChI is InChI=1S/C25H42N4O2/c1-26-25(27-14-8-15-30-19-21-13-16-31-20-21)28-17-22-9-6-7-10-23(22)18-29(2)24-11-4-3-5-12-24/h6-7,9-10,21,24H,3-5,8,11-20H2,1-2H3,(H2,26,27,28). The van der Waals surface area contributed by atoms with E-state index >= 15 is 0 Å². The first-order chi connectivity index (χ1) is 15.3. The fourth-order valence-corrected chi connectivity index (χ4v) is 4.55. The molecule has 1 heterocycles. The largest absolute Gasteiger partial charge is 0.381 e. The lowest BCUT2D eigenvalue weighted by Crippen LogP contribution is -2.38. The molecule has 0 aromatic heterocycles. The predicted molar refractivity (Wildman–Crippen MR) is 127 cm³/mol. The Morgan fingerprint density at radius 2 is 1.94 bits per heavy atom. The number of nitrogens with one attached hydrogen (secondary N) is 2. The van der Waals surface area contributed by atoms with Crippen molar-refractivity contribution in [1.29, 1.82) is 0 Å². The summed E-state index contributed by atoms with van der Waals surface area (Å²) in [5, 5.41) is 6.88. The van der Waals surface area contributed by atoms with Gasteiger partial charge in [0.15, 0.2) is 5.96 Å². The molecule has 31 heavy (non-hydrogen) atoms. The van der Waals surface area contributed by atoms with Crippen molar-refractivity contribution in [3.8, 4) is 0 Å². The summed E-state index contributed by atoms with van der Waals surface area (Å²) in [5.41, 5.74) is 2.75. The van der Waals surface area contributed by atoms with E-state index in [4.69, 9.17) is 9.47 Å². The minimum absolute atomic E-state index is 0.583. The van der Waals surface area contributed by atoms with E-state index in [1.54, 1.807) is 0 Å². The first-order valence-corrected chi connectivity index (χ1v) is 12.1. The molecule has 1 saturated carbocycles. The molecule has 1 aromatic rings. The molecule has 6 heteroatoms. The third-order valence-electron chi connectivity index (χ3n) is 6.54. The third-order valence-corrected chi connectivity index (χ3v) is 6.54. The Bertz CT molecular complexity index is 655. The number of hydrogen-bond donors (Lipinski definition) is 2. The van der Waals surface area contributed by atoms with Crippen LogP contribution >= 0.6 is 0 Å². The Morgan fingerprint density at radius 1 is 1.13 bits per heavy atom. The second kappa shape index (κ2) is 13.7. The van der Waals surface area contributed by atoms with E-state index in [0.29, 0.717) is 5.92 Å². The lowest BCUT2D eigenvalue weighted by atomic mass is 9.94. The van der Waals surface area contributed by atoms with Gasteiger partial charge in [-0.3, -0.25) is 9.89 Å². The average molecular weight is 431 g/mol. The van der Waals surface area contributed by atoms with Crippen molar-refractivity contribution in [2.75, 3.05) is 47.1 Å². The van der Waals surface area contributed by atoms with E-state index in [0.717, 1.165) is 70.9 Å². The van der Waals surface area contributed by atoms with Crippen LogP contribution in [-0.2, 0) is 22.6 Å². The molecule has 3 rings (SSSR count). The summed E-state index contributed by atoms with van der Waals surface area (Å²) in [6, 6.07) is 9.50. The van der Waals surface area contributed by atoms with E-state index in [2.05, 4.69) is 51.8 Å². The Morgan fingerprint density at radius 3 is 2.68 bits per heavy atom. The number of hydrogen-bond acceptors (Lipinski definition) is 4. The van der Waals surface area contributed by atoms with Crippen molar-refractivity contribution >= 4 is 5.96 Å². The monoisotopic (exact) mass is 430 g/mol. The van der Waals surface area contributed by atoms with Crippen molar-refractivity contribution in [3.05, 3.63) is 35.4 Å². The molecular formula is C25H42N4O2. The molecule has 1 unspecified atom stereocenters. The zero-order valence-electron chi connectivity index (χ0n) is 19.6. The van der Waals surface area contributed by atoms with Crippen molar-refractivity contribution in [2.45, 2.75) is 64.1 Å². The van der Waals surface area contributed by atoms with Gasteiger partial charge in [-0.25, -0.2) is 0 Å². The minimum atomic E-state index is 0.583. The van der Waals surface area contributed by atoms with Crippen LogP contribution < -0.4 is 10.6 Å². The fraction of sp³-hybridized carbons (Fsp3) is 0.720. The van der Waals surface area contributed by atoms with Gasteiger partial charge >= 0.3 is 0 Å². The van der Waals surface area contributed by atoms with Gasteiger partial charge < -0.3 is 20.1 Å². The highest BCUT2D eigenvalue weighted by Gasteiger charge is 2.19. The van der Waals surface area contributed by atoms with Crippen LogP contribution in [0.2, 0.25) is 0 Å². The van der Waals surface area contributed by atoms with Gasteiger partial charge in [0.25, 0.3) is 0 Å². The van der Waals surface area contributed by atoms with Crippen LogP contribution in [0.1, 0.15) is 56.1 Å². The first kappa shape index (κ1) is 24.0. The SMILES string of the molecule is CN=C(NCCCOCC1CCOC1)NCc1ccccc1CN(C)C1CCCCC1. The van der Waals surface area contributed by atoms with Gasteiger partial charge in [-0.15, -0.1) is 0 Å². The summed E-state index contributed by atoms with van der Waals surface area (Å²) in [5.74, 6) is 1.43. The summed E-state index contributed by atoms with van der Waals surface area (Å²) >= 11 is 0. The van der Waals surface area contributed by atoms with Crippen LogP contribution in [-0.4, -0.2) is 64.0 Å². The Labute approximate surface area is 188 Å². The summed E-state index contributed by atoms with van der Waals surface area (Å²) in [4.78, 5) is 6.92. The van der Waals surface area contributed by atoms with E-state index in [-0.39, 0.29) is 0 Å². The van der Waals surface area contributed by atoms with Crippen LogP contribution in [0.25, 0.3) is 0 Å². The smallest absolute Gasteiger partial charge is 0.191 e. The van der Waals surface area contributed by atoms with Gasteiger partial charge in [-0.1, -0.05) is 43.5 Å². The summed E-state index contributed by atoms with van der Waals surface area (Å²) in [6.45, 7) is 5.98. The van der Waals surface area contributed by atoms with Gasteiger partial charge in [0.2, 0.25) is 0 Å². The molecule has 1 aliphatic carbocycles. The molecule has 0 spiro atoms. The molecule has 1 aliphatic heterocycles. The summed E-state index contributed by atoms with van der Waals surface area (Å²) in [6.07, 6.45) is 8.93. The van der Waals surface area contributed by atoms with Crippen LogP contribution in [0, 0.1) is 5.92 Å². The molecule has 174 valence electrons. The number of benzene rings is 1. The maximum absolute atomic E-state index is 5.78. The number of guanidine groups is 1. The molecule has 2 aliphatic rings. The minimum Gasteiger partial charge on any atom is -0.381 e. The number of ether oxygens (including phenoxy) is 2. The second-order valence-corrected chi connectivity index (χ2v) is 8.99. The zero-order valence-corrected chi connectivity index (χ0v) is 19.6. The average Bonchev–Trinajstić information content (AvgIpc) is 3.33. The van der Waals surface area contributed by atoms with Crippen LogP contribution in [0.4, 0.5) is 0 Å². The van der Waals surface area contributed by atoms with Crippen molar-refractivity contribution in [2.24, 2.45) is 10.9 Å². The van der Waals surface area contributed by atoms with E-state index in [1.807, 2.05) is 7.05 Å². The van der Waals surface area contributed by atoms with Crippen LogP contribution in [0.3, 0.4) is 0 Å². The van der Waals surface area contributed by atoms with Crippen molar-refractivity contribution in [3.63, 3.8) is 0 Å². The molecule has 1 aromatic carbocycles. The van der Waals surface area contributed by atoms with Gasteiger partial charge in [0.05, 0.1) is 13.2 Å².